The summed E-state index contributed by atoms with van der Waals surface area (Å²) in [6.45, 7) is 10.9. The standard InChI is InChI=1S/C42H46F4N6O4/c1-39(2,3)55-37(53)51-25-11-7-23(15-25)33(51)35-47-19-31(49-35)21-9-13-27-28-14-10-22(18-30(28)42(45,46)41(43,44)29(27)17-21)32-20-48-36(50-32)34-24-8-12-26(16-24)52(34)38(54)56-40(4,5)6/h9-10,13-14,17-20,23-26,33-34H,7-8,11-12,15-16H2,1-6H3,(H,47,49)(H,48,50)/t23?,24?,25-,26?,33?,34?/m1/s1. The number of aromatic nitrogens is 4. The monoisotopic (exact) mass is 774 g/mol. The van der Waals surface area contributed by atoms with Crippen LogP contribution in [0.25, 0.3) is 33.6 Å². The first-order chi connectivity index (χ1) is 26.3. The van der Waals surface area contributed by atoms with E-state index in [-0.39, 0.29) is 58.3 Å². The van der Waals surface area contributed by atoms with Gasteiger partial charge >= 0.3 is 24.0 Å². The van der Waals surface area contributed by atoms with E-state index in [0.29, 0.717) is 23.0 Å². The second-order valence-corrected chi connectivity index (χ2v) is 18.2. The van der Waals surface area contributed by atoms with Crippen molar-refractivity contribution in [2.45, 2.75) is 127 Å². The number of aromatic amines is 2. The number of hydrogen-bond donors (Lipinski definition) is 2. The third-order valence-electron chi connectivity index (χ3n) is 12.2. The van der Waals surface area contributed by atoms with Gasteiger partial charge in [0.15, 0.2) is 0 Å². The highest BCUT2D eigenvalue weighted by Crippen LogP contribution is 2.59. The van der Waals surface area contributed by atoms with Gasteiger partial charge in [-0.3, -0.25) is 9.80 Å². The van der Waals surface area contributed by atoms with Gasteiger partial charge < -0.3 is 19.4 Å². The van der Waals surface area contributed by atoms with Crippen molar-refractivity contribution in [3.05, 3.63) is 71.6 Å². The van der Waals surface area contributed by atoms with Gasteiger partial charge in [0.25, 0.3) is 0 Å². The van der Waals surface area contributed by atoms with E-state index in [1.807, 2.05) is 41.5 Å². The summed E-state index contributed by atoms with van der Waals surface area (Å²) >= 11 is 0. The molecule has 2 N–H and O–H groups in total. The van der Waals surface area contributed by atoms with Crippen LogP contribution in [0.5, 0.6) is 0 Å². The fraction of sp³-hybridized carbons (Fsp3) is 0.524. The predicted octanol–water partition coefficient (Wildman–Crippen LogP) is 10.3. The summed E-state index contributed by atoms with van der Waals surface area (Å²) in [6, 6.07) is 7.65. The average molecular weight is 775 g/mol. The lowest BCUT2D eigenvalue weighted by Gasteiger charge is -2.35. The van der Waals surface area contributed by atoms with Gasteiger partial charge in [-0.15, -0.1) is 0 Å². The number of amides is 2. The molecule has 2 amide bonds. The number of carbonyl (C=O) groups excluding carboxylic acids is 2. The molecule has 0 radical (unpaired) electrons. The fourth-order valence-electron chi connectivity index (χ4n) is 9.85. The third-order valence-corrected chi connectivity index (χ3v) is 12.2. The molecule has 0 spiro atoms. The van der Waals surface area contributed by atoms with Crippen molar-refractivity contribution >= 4 is 12.2 Å². The lowest BCUT2D eigenvalue weighted by Crippen LogP contribution is -2.43. The van der Waals surface area contributed by atoms with Crippen molar-refractivity contribution in [1.29, 1.82) is 0 Å². The SMILES string of the molecule is CC(C)(C)OC(=O)N1C2CCC(C2)C1c1ncc(-c2ccc3c(c2)C(F)(F)C(F)(F)c2cc(-c4cnc(C5C6CC[C@H](C6)N5C(=O)OC(C)(C)C)[nH]4)ccc2-3)[nH]1. The number of likely N-dealkylation sites (tertiary alicyclic amines) is 2. The zero-order valence-electron chi connectivity index (χ0n) is 32.3. The number of hydrogen-bond acceptors (Lipinski definition) is 6. The highest BCUT2D eigenvalue weighted by molar-refractivity contribution is 5.81. The van der Waals surface area contributed by atoms with Crippen molar-refractivity contribution in [2.75, 3.05) is 0 Å². The maximum absolute atomic E-state index is 16.1. The number of ether oxygens (including phenoxy) is 2. The summed E-state index contributed by atoms with van der Waals surface area (Å²) in [7, 11) is 0. The molecule has 296 valence electrons. The number of carbonyl (C=O) groups is 2. The number of imidazole rings is 2. The molecule has 2 aromatic heterocycles. The van der Waals surface area contributed by atoms with Crippen LogP contribution in [0.3, 0.4) is 0 Å². The van der Waals surface area contributed by atoms with Crippen LogP contribution in [0, 0.1) is 11.8 Å². The van der Waals surface area contributed by atoms with E-state index in [1.54, 1.807) is 21.9 Å². The number of nitrogens with one attached hydrogen (secondary N) is 2. The lowest BCUT2D eigenvalue weighted by atomic mass is 9.79. The molecule has 10 nitrogen and oxygen atoms in total. The van der Waals surface area contributed by atoms with Crippen LogP contribution >= 0.6 is 0 Å². The second kappa shape index (κ2) is 12.3. The second-order valence-electron chi connectivity index (χ2n) is 18.2. The van der Waals surface area contributed by atoms with E-state index < -0.39 is 46.4 Å². The summed E-state index contributed by atoms with van der Waals surface area (Å²) in [5.74, 6) is -7.74. The Morgan fingerprint density at radius 1 is 0.661 bits per heavy atom. The third kappa shape index (κ3) is 5.79. The van der Waals surface area contributed by atoms with E-state index in [9.17, 15) is 9.59 Å². The molecule has 5 aliphatic rings. The summed E-state index contributed by atoms with van der Waals surface area (Å²) in [4.78, 5) is 45.5. The number of piperidine rings is 2. The Kier molecular flexibility index (Phi) is 8.08. The quantitative estimate of drug-likeness (QED) is 0.200. The topological polar surface area (TPSA) is 116 Å². The molecule has 2 aromatic carbocycles. The molecule has 4 aromatic rings. The van der Waals surface area contributed by atoms with Gasteiger partial charge in [-0.25, -0.2) is 19.6 Å². The number of halogens is 4. The number of alkyl halides is 4. The van der Waals surface area contributed by atoms with Gasteiger partial charge in [-0.05, 0) is 115 Å². The Hall–Kier alpha value is -4.88. The van der Waals surface area contributed by atoms with Crippen LogP contribution < -0.4 is 0 Å². The molecule has 5 unspecified atom stereocenters. The smallest absolute Gasteiger partial charge is 0.411 e. The Morgan fingerprint density at radius 2 is 1.05 bits per heavy atom. The zero-order valence-corrected chi connectivity index (χ0v) is 32.3. The van der Waals surface area contributed by atoms with Gasteiger partial charge in [-0.1, -0.05) is 24.3 Å². The minimum absolute atomic E-state index is 0.00968. The van der Waals surface area contributed by atoms with Crippen molar-refractivity contribution in [3.63, 3.8) is 0 Å². The average Bonchev–Trinajstić information content (AvgIpc) is 3.97. The first-order valence-corrected chi connectivity index (χ1v) is 19.5. The molecule has 2 saturated heterocycles. The van der Waals surface area contributed by atoms with Crippen molar-refractivity contribution in [2.24, 2.45) is 11.8 Å². The van der Waals surface area contributed by atoms with Gasteiger partial charge in [0, 0.05) is 34.3 Å². The van der Waals surface area contributed by atoms with Crippen LogP contribution in [0.15, 0.2) is 48.8 Å². The van der Waals surface area contributed by atoms with Gasteiger partial charge in [0.1, 0.15) is 22.9 Å². The summed E-state index contributed by atoms with van der Waals surface area (Å²) in [6.07, 6.45) is 7.34. The Morgan fingerprint density at radius 3 is 1.43 bits per heavy atom. The van der Waals surface area contributed by atoms with Crippen molar-refractivity contribution in [3.8, 4) is 33.6 Å². The highest BCUT2D eigenvalue weighted by atomic mass is 19.3. The molecule has 9 rings (SSSR count). The van der Waals surface area contributed by atoms with Crippen LogP contribution in [0.2, 0.25) is 0 Å². The van der Waals surface area contributed by atoms with Gasteiger partial charge in [-0.2, -0.15) is 17.6 Å². The summed E-state index contributed by atoms with van der Waals surface area (Å²) in [5, 5.41) is 0. The normalized spacial score (nSPS) is 27.0. The summed E-state index contributed by atoms with van der Waals surface area (Å²) in [5.41, 5.74) is -1.60. The molecule has 4 bridgehead atoms. The molecule has 4 heterocycles. The molecule has 2 aliphatic heterocycles. The number of rotatable bonds is 4. The fourth-order valence-corrected chi connectivity index (χ4v) is 9.85. The van der Waals surface area contributed by atoms with Crippen LogP contribution in [-0.2, 0) is 21.3 Å². The van der Waals surface area contributed by atoms with E-state index in [0.717, 1.165) is 50.7 Å². The first kappa shape index (κ1) is 36.7. The van der Waals surface area contributed by atoms with Gasteiger partial charge in [0.05, 0.1) is 35.9 Å². The Balaban J connectivity index is 1.01. The number of H-pyrrole nitrogens is 2. The maximum Gasteiger partial charge on any atom is 0.411 e. The molecule has 14 heteroatoms. The molecule has 4 fully saturated rings. The Labute approximate surface area is 322 Å². The van der Waals surface area contributed by atoms with Crippen molar-refractivity contribution in [1.82, 2.24) is 29.7 Å². The minimum Gasteiger partial charge on any atom is -0.444 e. The molecule has 2 saturated carbocycles. The number of benzene rings is 2. The highest BCUT2D eigenvalue weighted by Gasteiger charge is 2.63. The molecular formula is C42H46F4N6O4. The van der Waals surface area contributed by atoms with Crippen LogP contribution in [0.4, 0.5) is 27.2 Å². The largest absolute Gasteiger partial charge is 0.444 e. The first-order valence-electron chi connectivity index (χ1n) is 19.5. The lowest BCUT2D eigenvalue weighted by molar-refractivity contribution is -0.225. The van der Waals surface area contributed by atoms with E-state index in [1.165, 1.54) is 24.5 Å². The molecule has 3 aliphatic carbocycles. The summed E-state index contributed by atoms with van der Waals surface area (Å²) < 4.78 is 76.0. The van der Waals surface area contributed by atoms with E-state index in [4.69, 9.17) is 9.47 Å². The molecular weight excluding hydrogens is 728 g/mol. The number of fused-ring (bicyclic) bond motifs is 7. The number of nitrogens with zero attached hydrogens (tertiary/aromatic N) is 4. The predicted molar refractivity (Wildman–Crippen MR) is 199 cm³/mol. The van der Waals surface area contributed by atoms with Crippen LogP contribution in [0.1, 0.15) is 115 Å². The van der Waals surface area contributed by atoms with E-state index >= 15 is 17.6 Å². The minimum atomic E-state index is -4.54. The Bertz CT molecular complexity index is 2080. The zero-order chi connectivity index (χ0) is 39.7. The van der Waals surface area contributed by atoms with Crippen LogP contribution in [-0.4, -0.2) is 65.2 Å². The maximum atomic E-state index is 16.1. The van der Waals surface area contributed by atoms with Gasteiger partial charge in [0.2, 0.25) is 0 Å². The van der Waals surface area contributed by atoms with Crippen molar-refractivity contribution < 1.29 is 36.6 Å². The molecule has 56 heavy (non-hydrogen) atoms. The molecule has 6 atom stereocenters. The van der Waals surface area contributed by atoms with E-state index in [2.05, 4.69) is 19.9 Å².